The van der Waals surface area contributed by atoms with Crippen molar-refractivity contribution in [2.45, 2.75) is 0 Å². The van der Waals surface area contributed by atoms with Crippen molar-refractivity contribution >= 4 is 5.71 Å². The fraction of sp³-hybridized carbons (Fsp3) is 0. The minimum atomic E-state index is 0.455. The van der Waals surface area contributed by atoms with Crippen LogP contribution in [0.3, 0.4) is 0 Å². The van der Waals surface area contributed by atoms with Crippen LogP contribution >= 0.6 is 0 Å². The highest BCUT2D eigenvalue weighted by atomic mass is 14.9. The highest BCUT2D eigenvalue weighted by Gasteiger charge is 2.14. The molecule has 0 radical (unpaired) electrons. The van der Waals surface area contributed by atoms with E-state index in [0.717, 1.165) is 11.1 Å². The summed E-state index contributed by atoms with van der Waals surface area (Å²) in [5, 5.41) is 8.70. The first-order valence-electron chi connectivity index (χ1n) is 4.98. The maximum Gasteiger partial charge on any atom is 0.329 e. The average Bonchev–Trinajstić information content (AvgIpc) is 2.42. The van der Waals surface area contributed by atoms with Crippen LogP contribution in [0.25, 0.3) is 5.53 Å². The molecule has 1 aromatic heterocycles. The van der Waals surface area contributed by atoms with E-state index >= 15 is 0 Å². The Morgan fingerprint density at radius 1 is 1.06 bits per heavy atom. The van der Waals surface area contributed by atoms with Crippen molar-refractivity contribution in [1.82, 2.24) is 4.98 Å². The first-order valence-corrected chi connectivity index (χ1v) is 4.98. The maximum atomic E-state index is 9.06. The standard InChI is InChI=1S/C13H8N4/c14-9-10-1-3-11(4-2-10)13(17-15)12-5-7-16-8-6-12/h1-8H. The van der Waals surface area contributed by atoms with E-state index in [2.05, 4.69) is 9.77 Å². The van der Waals surface area contributed by atoms with Gasteiger partial charge < -0.3 is 5.53 Å². The van der Waals surface area contributed by atoms with E-state index in [9.17, 15) is 0 Å². The number of aromatic nitrogens is 1. The number of nitrogens with zero attached hydrogens (tertiary/aromatic N) is 4. The van der Waals surface area contributed by atoms with Crippen LogP contribution in [0.4, 0.5) is 0 Å². The molecule has 4 heteroatoms. The summed E-state index contributed by atoms with van der Waals surface area (Å²) in [4.78, 5) is 7.19. The highest BCUT2D eigenvalue weighted by Crippen LogP contribution is 2.09. The Morgan fingerprint density at radius 2 is 1.65 bits per heavy atom. The number of rotatable bonds is 2. The molecule has 0 spiro atoms. The Kier molecular flexibility index (Phi) is 3.06. The smallest absolute Gasteiger partial charge is 0.329 e. The van der Waals surface area contributed by atoms with Gasteiger partial charge in [0.2, 0.25) is 0 Å². The molecule has 0 aliphatic heterocycles. The molecular weight excluding hydrogens is 212 g/mol. The van der Waals surface area contributed by atoms with E-state index in [1.54, 1.807) is 48.8 Å². The van der Waals surface area contributed by atoms with Gasteiger partial charge in [0.15, 0.2) is 0 Å². The van der Waals surface area contributed by atoms with Gasteiger partial charge in [0, 0.05) is 12.4 Å². The lowest BCUT2D eigenvalue weighted by atomic mass is 10.0. The van der Waals surface area contributed by atoms with Crippen LogP contribution in [0.5, 0.6) is 0 Å². The van der Waals surface area contributed by atoms with E-state index in [4.69, 9.17) is 10.8 Å². The predicted octanol–water partition coefficient (Wildman–Crippen LogP) is 2.02. The third-order valence-corrected chi connectivity index (χ3v) is 2.34. The molecule has 1 aromatic carbocycles. The molecule has 1 heterocycles. The molecular formula is C13H8N4. The van der Waals surface area contributed by atoms with Gasteiger partial charge in [-0.2, -0.15) is 10.1 Å². The van der Waals surface area contributed by atoms with Gasteiger partial charge in [-0.05, 0) is 36.4 Å². The van der Waals surface area contributed by atoms with Crippen LogP contribution in [0.1, 0.15) is 16.7 Å². The molecule has 2 aromatic rings. The zero-order valence-electron chi connectivity index (χ0n) is 8.91. The summed E-state index contributed by atoms with van der Waals surface area (Å²) < 4.78 is 0. The van der Waals surface area contributed by atoms with Crippen LogP contribution < -0.4 is 0 Å². The molecule has 17 heavy (non-hydrogen) atoms. The number of benzene rings is 1. The molecule has 0 saturated carbocycles. The van der Waals surface area contributed by atoms with Crippen molar-refractivity contribution in [2.24, 2.45) is 0 Å². The zero-order chi connectivity index (χ0) is 12.1. The van der Waals surface area contributed by atoms with Gasteiger partial charge >= 0.3 is 5.71 Å². The van der Waals surface area contributed by atoms with Crippen molar-refractivity contribution in [3.8, 4) is 6.07 Å². The molecule has 0 atom stereocenters. The van der Waals surface area contributed by atoms with Gasteiger partial charge in [-0.15, -0.1) is 0 Å². The third-order valence-electron chi connectivity index (χ3n) is 2.34. The minimum absolute atomic E-state index is 0.455. The fourth-order valence-corrected chi connectivity index (χ4v) is 1.49. The van der Waals surface area contributed by atoms with Gasteiger partial charge in [-0.25, -0.2) is 0 Å². The molecule has 0 aliphatic rings. The molecule has 80 valence electrons. The molecule has 0 saturated heterocycles. The summed E-state index contributed by atoms with van der Waals surface area (Å²) in [5.41, 5.74) is 11.6. The lowest BCUT2D eigenvalue weighted by Gasteiger charge is -1.96. The highest BCUT2D eigenvalue weighted by molar-refractivity contribution is 6.09. The number of nitriles is 1. The van der Waals surface area contributed by atoms with Crippen LogP contribution in [0.15, 0.2) is 48.8 Å². The first kappa shape index (κ1) is 10.7. The van der Waals surface area contributed by atoms with Gasteiger partial charge in [0.25, 0.3) is 0 Å². The Bertz CT molecular complexity index is 602. The van der Waals surface area contributed by atoms with Crippen LogP contribution in [0, 0.1) is 11.3 Å². The number of hydrogen-bond donors (Lipinski definition) is 0. The molecule has 0 N–H and O–H groups in total. The Balaban J connectivity index is 2.45. The Labute approximate surface area is 98.4 Å². The topological polar surface area (TPSA) is 73.1 Å². The summed E-state index contributed by atoms with van der Waals surface area (Å²) in [5.74, 6) is 0. The van der Waals surface area contributed by atoms with Crippen molar-refractivity contribution in [3.05, 3.63) is 71.0 Å². The Morgan fingerprint density at radius 3 is 2.18 bits per heavy atom. The van der Waals surface area contributed by atoms with Crippen LogP contribution in [-0.4, -0.2) is 15.5 Å². The molecule has 0 fully saturated rings. The summed E-state index contributed by atoms with van der Waals surface area (Å²) in [6.07, 6.45) is 3.26. The van der Waals surface area contributed by atoms with Gasteiger partial charge in [-0.3, -0.25) is 4.98 Å². The van der Waals surface area contributed by atoms with Crippen molar-refractivity contribution in [2.75, 3.05) is 0 Å². The molecule has 2 rings (SSSR count). The molecule has 0 amide bonds. The number of pyridine rings is 1. The van der Waals surface area contributed by atoms with Crippen molar-refractivity contribution < 1.29 is 4.79 Å². The van der Waals surface area contributed by atoms with Crippen molar-refractivity contribution in [1.29, 1.82) is 5.26 Å². The van der Waals surface area contributed by atoms with Crippen molar-refractivity contribution in [3.63, 3.8) is 0 Å². The zero-order valence-corrected chi connectivity index (χ0v) is 8.91. The summed E-state index contributed by atoms with van der Waals surface area (Å²) in [6, 6.07) is 12.4. The average molecular weight is 220 g/mol. The lowest BCUT2D eigenvalue weighted by Crippen LogP contribution is -2.04. The summed E-state index contributed by atoms with van der Waals surface area (Å²) in [6.45, 7) is 0. The molecule has 4 nitrogen and oxygen atoms in total. The molecule has 0 bridgehead atoms. The summed E-state index contributed by atoms with van der Waals surface area (Å²) >= 11 is 0. The van der Waals surface area contributed by atoms with E-state index in [0.29, 0.717) is 11.3 Å². The molecule has 0 unspecified atom stereocenters. The molecule has 0 aliphatic carbocycles. The predicted molar refractivity (Wildman–Crippen MR) is 62.2 cm³/mol. The largest absolute Gasteiger partial charge is 0.361 e. The SMILES string of the molecule is N#Cc1ccc(C(=[N+]=[N-])c2ccncc2)cc1. The second-order valence-electron chi connectivity index (χ2n) is 3.37. The number of hydrogen-bond acceptors (Lipinski definition) is 2. The van der Waals surface area contributed by atoms with E-state index < -0.39 is 0 Å². The second kappa shape index (κ2) is 4.84. The minimum Gasteiger partial charge on any atom is -0.361 e. The van der Waals surface area contributed by atoms with Gasteiger partial charge in [0.05, 0.1) is 22.8 Å². The van der Waals surface area contributed by atoms with E-state index in [1.165, 1.54) is 0 Å². The summed E-state index contributed by atoms with van der Waals surface area (Å²) in [7, 11) is 0. The third kappa shape index (κ3) is 2.25. The van der Waals surface area contributed by atoms with Gasteiger partial charge in [-0.1, -0.05) is 0 Å². The Hall–Kier alpha value is -2.76. The van der Waals surface area contributed by atoms with Crippen LogP contribution in [-0.2, 0) is 0 Å². The first-order chi connectivity index (χ1) is 8.35. The second-order valence-corrected chi connectivity index (χ2v) is 3.37. The van der Waals surface area contributed by atoms with E-state index in [-0.39, 0.29) is 0 Å². The van der Waals surface area contributed by atoms with Gasteiger partial charge in [0.1, 0.15) is 0 Å². The fourth-order valence-electron chi connectivity index (χ4n) is 1.49. The maximum absolute atomic E-state index is 9.06. The normalized spacial score (nSPS) is 9.12. The monoisotopic (exact) mass is 220 g/mol. The quantitative estimate of drug-likeness (QED) is 0.441. The van der Waals surface area contributed by atoms with E-state index in [1.807, 2.05) is 6.07 Å². The van der Waals surface area contributed by atoms with Crippen LogP contribution in [0.2, 0.25) is 0 Å². The lowest BCUT2D eigenvalue weighted by molar-refractivity contribution is -0.00279.